The van der Waals surface area contributed by atoms with E-state index >= 15 is 0 Å². The van der Waals surface area contributed by atoms with Crippen LogP contribution in [0.2, 0.25) is 0 Å². The second-order valence-corrected chi connectivity index (χ2v) is 9.45. The van der Waals surface area contributed by atoms with Crippen LogP contribution in [0.4, 0.5) is 10.5 Å². The van der Waals surface area contributed by atoms with Crippen molar-refractivity contribution >= 4 is 28.7 Å². The number of carbonyl (C=O) groups excluding carboxylic acids is 1. The number of nitrogens with zero attached hydrogens (tertiary/aromatic N) is 6. The number of imidazole rings is 1. The normalized spacial score (nSPS) is 18.6. The Labute approximate surface area is 204 Å². The Hall–Kier alpha value is -3.40. The maximum atomic E-state index is 13.3. The van der Waals surface area contributed by atoms with E-state index in [1.165, 1.54) is 4.90 Å². The first-order valence-electron chi connectivity index (χ1n) is 12.3. The minimum absolute atomic E-state index is 0.0371. The van der Waals surface area contributed by atoms with Crippen molar-refractivity contribution in [1.29, 1.82) is 0 Å². The van der Waals surface area contributed by atoms with Gasteiger partial charge in [0.1, 0.15) is 12.4 Å². The number of likely N-dealkylation sites (N-methyl/N-ethyl adjacent to an activating group) is 1. The molecule has 2 amide bonds. The standard InChI is InChI=1S/C25H32N6O4/c1-17-4-5-19-20(31(17)25(33)34)6-7-21-24(19)27-22(8-13-29-12-3-11-26-29)30(21)16-23(32)28(2)18-9-14-35-15-10-18/h3,6-7,11-12,17-18H,4-5,8-10,13-16H2,1-2H3,(H,33,34)/t17-/m0/s1. The number of ether oxygens (including phenoxy) is 1. The van der Waals surface area contributed by atoms with E-state index in [1.54, 1.807) is 6.20 Å². The predicted octanol–water partition coefficient (Wildman–Crippen LogP) is 2.93. The summed E-state index contributed by atoms with van der Waals surface area (Å²) in [7, 11) is 1.87. The Morgan fingerprint density at radius 1 is 1.23 bits per heavy atom. The molecule has 1 aromatic carbocycles. The zero-order chi connectivity index (χ0) is 24.5. The van der Waals surface area contributed by atoms with Crippen molar-refractivity contribution in [2.75, 3.05) is 25.2 Å². The zero-order valence-corrected chi connectivity index (χ0v) is 20.3. The molecule has 0 spiro atoms. The van der Waals surface area contributed by atoms with E-state index in [2.05, 4.69) is 5.10 Å². The molecule has 1 saturated heterocycles. The highest BCUT2D eigenvalue weighted by atomic mass is 16.5. The van der Waals surface area contributed by atoms with Gasteiger partial charge in [-0.1, -0.05) is 0 Å². The molecule has 0 unspecified atom stereocenters. The van der Waals surface area contributed by atoms with Gasteiger partial charge in [0, 0.05) is 63.3 Å². The monoisotopic (exact) mass is 480 g/mol. The average molecular weight is 481 g/mol. The van der Waals surface area contributed by atoms with E-state index in [4.69, 9.17) is 9.72 Å². The van der Waals surface area contributed by atoms with Gasteiger partial charge in [-0.2, -0.15) is 5.10 Å². The third kappa shape index (κ3) is 4.50. The summed E-state index contributed by atoms with van der Waals surface area (Å²) < 4.78 is 9.31. The van der Waals surface area contributed by atoms with Gasteiger partial charge in [-0.15, -0.1) is 0 Å². The molecule has 0 saturated carbocycles. The Morgan fingerprint density at radius 2 is 2.03 bits per heavy atom. The van der Waals surface area contributed by atoms with Crippen LogP contribution in [-0.4, -0.2) is 73.7 Å². The number of hydrogen-bond donors (Lipinski definition) is 1. The molecule has 2 aromatic heterocycles. The van der Waals surface area contributed by atoms with Gasteiger partial charge in [-0.05, 0) is 50.8 Å². The fourth-order valence-corrected chi connectivity index (χ4v) is 5.31. The topological polar surface area (TPSA) is 106 Å². The van der Waals surface area contributed by atoms with Crippen LogP contribution in [0.25, 0.3) is 11.0 Å². The van der Waals surface area contributed by atoms with E-state index < -0.39 is 6.09 Å². The van der Waals surface area contributed by atoms with Gasteiger partial charge < -0.3 is 19.3 Å². The maximum absolute atomic E-state index is 13.3. The third-order valence-electron chi connectivity index (χ3n) is 7.35. The van der Waals surface area contributed by atoms with Gasteiger partial charge in [-0.25, -0.2) is 9.78 Å². The maximum Gasteiger partial charge on any atom is 0.412 e. The summed E-state index contributed by atoms with van der Waals surface area (Å²) in [5.41, 5.74) is 3.29. The Morgan fingerprint density at radius 3 is 2.74 bits per heavy atom. The van der Waals surface area contributed by atoms with Gasteiger partial charge in [0.25, 0.3) is 0 Å². The van der Waals surface area contributed by atoms with Crippen molar-refractivity contribution in [2.45, 2.75) is 64.2 Å². The molecule has 10 nitrogen and oxygen atoms in total. The fraction of sp³-hybridized carbons (Fsp3) is 0.520. The lowest BCUT2D eigenvalue weighted by atomic mass is 9.96. The minimum atomic E-state index is -0.954. The molecule has 1 N–H and O–H groups in total. The molecule has 5 rings (SSSR count). The van der Waals surface area contributed by atoms with Crippen LogP contribution in [0.5, 0.6) is 0 Å². The van der Waals surface area contributed by atoms with Crippen molar-refractivity contribution in [3.05, 3.63) is 42.0 Å². The van der Waals surface area contributed by atoms with Gasteiger partial charge in [0.05, 0.1) is 16.7 Å². The second kappa shape index (κ2) is 9.69. The number of benzene rings is 1. The van der Waals surface area contributed by atoms with Gasteiger partial charge in [0.15, 0.2) is 0 Å². The van der Waals surface area contributed by atoms with Crippen LogP contribution in [0.15, 0.2) is 30.6 Å². The molecule has 0 radical (unpaired) electrons. The molecule has 10 heteroatoms. The number of anilines is 1. The van der Waals surface area contributed by atoms with E-state index in [-0.39, 0.29) is 24.5 Å². The smallest absolute Gasteiger partial charge is 0.412 e. The minimum Gasteiger partial charge on any atom is -0.465 e. The van der Waals surface area contributed by atoms with E-state index in [0.717, 1.165) is 48.1 Å². The van der Waals surface area contributed by atoms with Crippen molar-refractivity contribution < 1.29 is 19.4 Å². The van der Waals surface area contributed by atoms with E-state index in [1.807, 2.05) is 52.5 Å². The Kier molecular flexibility index (Phi) is 6.46. The summed E-state index contributed by atoms with van der Waals surface area (Å²) in [5, 5.41) is 14.1. The first kappa shape index (κ1) is 23.3. The number of carboxylic acid groups (broad SMARTS) is 1. The number of carbonyl (C=O) groups is 2. The van der Waals surface area contributed by atoms with Crippen molar-refractivity contribution in [3.8, 4) is 0 Å². The van der Waals surface area contributed by atoms with Crippen LogP contribution in [0.3, 0.4) is 0 Å². The molecule has 2 aliphatic rings. The zero-order valence-electron chi connectivity index (χ0n) is 20.3. The van der Waals surface area contributed by atoms with Gasteiger partial charge in [-0.3, -0.25) is 14.4 Å². The number of amides is 2. The molecule has 2 aliphatic heterocycles. The molecule has 0 aliphatic carbocycles. The summed E-state index contributed by atoms with van der Waals surface area (Å²) in [6.07, 6.45) is 6.48. The van der Waals surface area contributed by atoms with Crippen molar-refractivity contribution in [1.82, 2.24) is 24.2 Å². The predicted molar refractivity (Wildman–Crippen MR) is 131 cm³/mol. The molecular weight excluding hydrogens is 448 g/mol. The molecule has 0 bridgehead atoms. The highest BCUT2D eigenvalue weighted by Crippen LogP contribution is 2.36. The van der Waals surface area contributed by atoms with Crippen LogP contribution in [-0.2, 0) is 35.5 Å². The van der Waals surface area contributed by atoms with E-state index in [9.17, 15) is 14.7 Å². The van der Waals surface area contributed by atoms with Gasteiger partial charge >= 0.3 is 6.09 Å². The third-order valence-corrected chi connectivity index (χ3v) is 7.35. The number of rotatable bonds is 6. The van der Waals surface area contributed by atoms with Crippen LogP contribution in [0, 0.1) is 0 Å². The molecule has 186 valence electrons. The number of aromatic nitrogens is 4. The number of aryl methyl sites for hydroxylation is 3. The first-order chi connectivity index (χ1) is 16.9. The number of hydrogen-bond acceptors (Lipinski definition) is 5. The first-order valence-corrected chi connectivity index (χ1v) is 12.3. The molecular formula is C25H32N6O4. The highest BCUT2D eigenvalue weighted by Gasteiger charge is 2.31. The molecule has 4 heterocycles. The summed E-state index contributed by atoms with van der Waals surface area (Å²) in [6.45, 7) is 4.11. The molecule has 1 atom stereocenters. The lowest BCUT2D eigenvalue weighted by molar-refractivity contribution is -0.134. The summed E-state index contributed by atoms with van der Waals surface area (Å²) >= 11 is 0. The second-order valence-electron chi connectivity index (χ2n) is 9.45. The van der Waals surface area contributed by atoms with Crippen LogP contribution >= 0.6 is 0 Å². The Bertz CT molecular complexity index is 1210. The summed E-state index contributed by atoms with van der Waals surface area (Å²) in [4.78, 5) is 33.6. The highest BCUT2D eigenvalue weighted by molar-refractivity contribution is 5.95. The SMILES string of the molecule is C[C@H]1CCc2c(ccc3c2nc(CCn2cccn2)n3CC(=O)N(C)C2CCOCC2)N1C(=O)O. The van der Waals surface area contributed by atoms with E-state index in [0.29, 0.717) is 31.9 Å². The van der Waals surface area contributed by atoms with Gasteiger partial charge in [0.2, 0.25) is 5.91 Å². The molecule has 1 fully saturated rings. The summed E-state index contributed by atoms with van der Waals surface area (Å²) in [5.74, 6) is 0.841. The largest absolute Gasteiger partial charge is 0.465 e. The average Bonchev–Trinajstić information content (AvgIpc) is 3.50. The quantitative estimate of drug-likeness (QED) is 0.582. The fourth-order valence-electron chi connectivity index (χ4n) is 5.31. The lowest BCUT2D eigenvalue weighted by Crippen LogP contribution is -2.42. The van der Waals surface area contributed by atoms with Crippen LogP contribution < -0.4 is 4.90 Å². The number of fused-ring (bicyclic) bond motifs is 3. The van der Waals surface area contributed by atoms with Crippen LogP contribution in [0.1, 0.15) is 37.6 Å². The molecule has 3 aromatic rings. The van der Waals surface area contributed by atoms with Crippen molar-refractivity contribution in [2.24, 2.45) is 0 Å². The molecule has 35 heavy (non-hydrogen) atoms. The lowest BCUT2D eigenvalue weighted by Gasteiger charge is -2.33. The Balaban J connectivity index is 1.51. The summed E-state index contributed by atoms with van der Waals surface area (Å²) in [6, 6.07) is 5.75. The van der Waals surface area contributed by atoms with Crippen molar-refractivity contribution in [3.63, 3.8) is 0 Å².